The van der Waals surface area contributed by atoms with Crippen LogP contribution in [0.5, 0.6) is 5.88 Å². The molecule has 5 rings (SSSR count). The summed E-state index contributed by atoms with van der Waals surface area (Å²) in [5, 5.41) is 8.17. The molecule has 1 aliphatic heterocycles. The summed E-state index contributed by atoms with van der Waals surface area (Å²) >= 11 is 6.15. The molecule has 0 radical (unpaired) electrons. The van der Waals surface area contributed by atoms with Gasteiger partial charge in [-0.1, -0.05) is 23.7 Å². The molecule has 3 heterocycles. The molecule has 4 nitrogen and oxygen atoms in total. The lowest BCUT2D eigenvalue weighted by molar-refractivity contribution is -0.702. The van der Waals surface area contributed by atoms with Crippen molar-refractivity contribution in [2.75, 3.05) is 6.61 Å². The van der Waals surface area contributed by atoms with E-state index in [4.69, 9.17) is 16.3 Å². The Morgan fingerprint density at radius 1 is 1.19 bits per heavy atom. The molecule has 2 aromatic heterocycles. The highest BCUT2D eigenvalue weighted by Gasteiger charge is 2.38. The van der Waals surface area contributed by atoms with Crippen LogP contribution in [0.15, 0.2) is 42.6 Å². The van der Waals surface area contributed by atoms with Gasteiger partial charge in [-0.3, -0.25) is 5.10 Å². The maximum Gasteiger partial charge on any atom is 0.380 e. The van der Waals surface area contributed by atoms with Crippen LogP contribution in [0.1, 0.15) is 18.0 Å². The van der Waals surface area contributed by atoms with E-state index in [-0.39, 0.29) is 16.9 Å². The van der Waals surface area contributed by atoms with Gasteiger partial charge < -0.3 is 4.74 Å². The van der Waals surface area contributed by atoms with Crippen LogP contribution >= 0.6 is 11.6 Å². The lowest BCUT2D eigenvalue weighted by Crippen LogP contribution is -2.47. The van der Waals surface area contributed by atoms with E-state index in [1.54, 1.807) is 16.8 Å². The number of nitrogens with one attached hydrogen (secondary N) is 1. The minimum Gasteiger partial charge on any atom is -0.444 e. The Bertz CT molecular complexity index is 1170. The molecular formula is C19H13ClF2N3O+. The third kappa shape index (κ3) is 2.12. The van der Waals surface area contributed by atoms with E-state index in [0.717, 1.165) is 17.7 Å². The SMILES string of the molecule is Fc1ccc(F)c2c1c1[nH]ncc1c1[n+]2[C@H](c2cccc(Cl)c2)CCO1. The molecule has 0 fully saturated rings. The number of H-pyrrole nitrogens is 1. The van der Waals surface area contributed by atoms with Crippen molar-refractivity contribution in [2.24, 2.45) is 0 Å². The van der Waals surface area contributed by atoms with Crippen LogP contribution in [0, 0.1) is 11.6 Å². The zero-order chi connectivity index (χ0) is 17.8. The number of aromatic amines is 1. The lowest BCUT2D eigenvalue weighted by Gasteiger charge is -2.22. The highest BCUT2D eigenvalue weighted by Crippen LogP contribution is 2.36. The van der Waals surface area contributed by atoms with Crippen molar-refractivity contribution < 1.29 is 18.1 Å². The van der Waals surface area contributed by atoms with Crippen molar-refractivity contribution in [1.82, 2.24) is 10.2 Å². The molecule has 7 heteroatoms. The minimum atomic E-state index is -0.517. The minimum absolute atomic E-state index is 0.154. The Morgan fingerprint density at radius 3 is 2.88 bits per heavy atom. The van der Waals surface area contributed by atoms with Gasteiger partial charge >= 0.3 is 5.88 Å². The maximum absolute atomic E-state index is 14.9. The van der Waals surface area contributed by atoms with E-state index in [1.165, 1.54) is 0 Å². The average molecular weight is 373 g/mol. The van der Waals surface area contributed by atoms with Gasteiger partial charge in [0, 0.05) is 17.0 Å². The number of rotatable bonds is 1. The van der Waals surface area contributed by atoms with E-state index in [1.807, 2.05) is 18.2 Å². The third-order valence-corrected chi connectivity index (χ3v) is 5.07. The highest BCUT2D eigenvalue weighted by molar-refractivity contribution is 6.30. The predicted molar refractivity (Wildman–Crippen MR) is 93.4 cm³/mol. The van der Waals surface area contributed by atoms with E-state index in [2.05, 4.69) is 10.2 Å². The fourth-order valence-corrected chi connectivity index (χ4v) is 3.95. The van der Waals surface area contributed by atoms with Crippen molar-refractivity contribution in [2.45, 2.75) is 12.5 Å². The molecule has 130 valence electrons. The molecule has 0 spiro atoms. The molecule has 0 saturated heterocycles. The van der Waals surface area contributed by atoms with Gasteiger partial charge in [0.25, 0.3) is 5.52 Å². The largest absolute Gasteiger partial charge is 0.444 e. The summed E-state index contributed by atoms with van der Waals surface area (Å²) in [6, 6.07) is 9.45. The molecule has 2 aromatic carbocycles. The number of nitrogens with zero attached hydrogens (tertiary/aromatic N) is 2. The molecule has 26 heavy (non-hydrogen) atoms. The van der Waals surface area contributed by atoms with Crippen LogP contribution in [0.2, 0.25) is 5.02 Å². The van der Waals surface area contributed by atoms with Crippen LogP contribution in [-0.2, 0) is 0 Å². The fraction of sp³-hybridized carbons (Fsp3) is 0.158. The van der Waals surface area contributed by atoms with Crippen molar-refractivity contribution in [3.05, 3.63) is 64.8 Å². The first-order valence-corrected chi connectivity index (χ1v) is 8.59. The Hall–Kier alpha value is -2.73. The van der Waals surface area contributed by atoms with E-state index in [9.17, 15) is 8.78 Å². The zero-order valence-corrected chi connectivity index (χ0v) is 14.2. The Morgan fingerprint density at radius 2 is 2.04 bits per heavy atom. The second-order valence-corrected chi connectivity index (χ2v) is 6.73. The Balaban J connectivity index is 1.94. The van der Waals surface area contributed by atoms with Gasteiger partial charge in [0.2, 0.25) is 0 Å². The number of aromatic nitrogens is 3. The van der Waals surface area contributed by atoms with Crippen molar-refractivity contribution in [1.29, 1.82) is 0 Å². The normalized spacial score (nSPS) is 16.7. The number of halogens is 3. The number of pyridine rings is 1. The van der Waals surface area contributed by atoms with Gasteiger partial charge in [-0.15, -0.1) is 4.57 Å². The van der Waals surface area contributed by atoms with E-state index in [0.29, 0.717) is 34.8 Å². The van der Waals surface area contributed by atoms with Crippen LogP contribution in [0.4, 0.5) is 8.78 Å². The number of hydrogen-bond donors (Lipinski definition) is 1. The average Bonchev–Trinajstić information content (AvgIpc) is 3.13. The van der Waals surface area contributed by atoms with Crippen molar-refractivity contribution in [3.8, 4) is 5.88 Å². The summed E-state index contributed by atoms with van der Waals surface area (Å²) < 4.78 is 37.1. The molecule has 0 amide bonds. The molecule has 0 bridgehead atoms. The van der Waals surface area contributed by atoms with Crippen molar-refractivity contribution in [3.63, 3.8) is 0 Å². The maximum atomic E-state index is 14.9. The Kier molecular flexibility index (Phi) is 3.37. The monoisotopic (exact) mass is 372 g/mol. The van der Waals surface area contributed by atoms with Gasteiger partial charge in [-0.25, -0.2) is 4.39 Å². The van der Waals surface area contributed by atoms with Gasteiger partial charge in [-0.2, -0.15) is 9.49 Å². The number of hydrogen-bond acceptors (Lipinski definition) is 2. The topological polar surface area (TPSA) is 41.8 Å². The Labute approximate surface area is 152 Å². The van der Waals surface area contributed by atoms with Crippen LogP contribution in [0.25, 0.3) is 21.8 Å². The number of ether oxygens (including phenoxy) is 1. The summed E-state index contributed by atoms with van der Waals surface area (Å²) in [5.41, 5.74) is 1.50. The summed E-state index contributed by atoms with van der Waals surface area (Å²) in [6.45, 7) is 0.458. The van der Waals surface area contributed by atoms with Crippen LogP contribution < -0.4 is 9.30 Å². The van der Waals surface area contributed by atoms with Gasteiger partial charge in [0.05, 0.1) is 11.7 Å². The highest BCUT2D eigenvalue weighted by atomic mass is 35.5. The first-order valence-electron chi connectivity index (χ1n) is 8.21. The smallest absolute Gasteiger partial charge is 0.380 e. The number of fused-ring (bicyclic) bond motifs is 6. The zero-order valence-electron chi connectivity index (χ0n) is 13.5. The summed E-state index contributed by atoms with van der Waals surface area (Å²) in [4.78, 5) is 0. The van der Waals surface area contributed by atoms with E-state index < -0.39 is 11.6 Å². The lowest BCUT2D eigenvalue weighted by atomic mass is 10.0. The third-order valence-electron chi connectivity index (χ3n) is 4.83. The molecule has 4 aromatic rings. The standard InChI is InChI=1S/C19H12ClF2N3O/c20-11-3-1-2-10(8-11)15-6-7-26-19-12-9-23-24-17(12)16-13(21)4-5-14(22)18(16)25(15)19/h1-5,8-9,15H,6-7H2/p+1/t15-/m0/s1. The second kappa shape index (κ2) is 5.64. The van der Waals surface area contributed by atoms with E-state index >= 15 is 0 Å². The molecule has 1 atom stereocenters. The van der Waals surface area contributed by atoms with Gasteiger partial charge in [-0.05, 0) is 24.3 Å². The quantitative estimate of drug-likeness (QED) is 0.506. The summed E-state index contributed by atoms with van der Waals surface area (Å²) in [7, 11) is 0. The van der Waals surface area contributed by atoms with Crippen molar-refractivity contribution >= 4 is 33.4 Å². The predicted octanol–water partition coefficient (Wildman–Crippen LogP) is 4.31. The van der Waals surface area contributed by atoms with Crippen LogP contribution in [0.3, 0.4) is 0 Å². The summed E-state index contributed by atoms with van der Waals surface area (Å²) in [5.74, 6) is -0.556. The molecule has 1 N–H and O–H groups in total. The molecular weight excluding hydrogens is 360 g/mol. The van der Waals surface area contributed by atoms with Gasteiger partial charge in [0.15, 0.2) is 11.9 Å². The number of benzene rings is 2. The molecule has 0 unspecified atom stereocenters. The fourth-order valence-electron chi connectivity index (χ4n) is 3.76. The van der Waals surface area contributed by atoms with Crippen LogP contribution in [-0.4, -0.2) is 16.8 Å². The van der Waals surface area contributed by atoms with Gasteiger partial charge in [0.1, 0.15) is 23.2 Å². The molecule has 1 aliphatic rings. The molecule has 0 saturated carbocycles. The molecule has 0 aliphatic carbocycles. The first kappa shape index (κ1) is 15.5. The summed E-state index contributed by atoms with van der Waals surface area (Å²) in [6.07, 6.45) is 2.19. The second-order valence-electron chi connectivity index (χ2n) is 6.29. The first-order chi connectivity index (χ1) is 12.6.